The molecule has 0 saturated heterocycles. The molecule has 23 heavy (non-hydrogen) atoms. The number of hydrogen-bond donors (Lipinski definition) is 2. The highest BCUT2D eigenvalue weighted by Gasteiger charge is 2.50. The number of ketones is 1. The summed E-state index contributed by atoms with van der Waals surface area (Å²) in [7, 11) is 1.56. The van der Waals surface area contributed by atoms with Gasteiger partial charge in [-0.1, -0.05) is 13.3 Å². The first kappa shape index (κ1) is 21.5. The van der Waals surface area contributed by atoms with Gasteiger partial charge in [-0.2, -0.15) is 0 Å². The van der Waals surface area contributed by atoms with E-state index in [9.17, 15) is 19.5 Å². The first-order valence-corrected chi connectivity index (χ1v) is 7.81. The van der Waals surface area contributed by atoms with Crippen LogP contribution in [0.25, 0.3) is 0 Å². The van der Waals surface area contributed by atoms with Crippen LogP contribution >= 0.6 is 0 Å². The maximum absolute atomic E-state index is 12.3. The molecule has 2 N–H and O–H groups in total. The molecule has 0 aromatic carbocycles. The van der Waals surface area contributed by atoms with Gasteiger partial charge in [0.25, 0.3) is 5.60 Å². The van der Waals surface area contributed by atoms with Crippen molar-refractivity contribution in [2.24, 2.45) is 0 Å². The van der Waals surface area contributed by atoms with E-state index in [4.69, 9.17) is 9.47 Å². The van der Waals surface area contributed by atoms with Crippen molar-refractivity contribution in [3.05, 3.63) is 0 Å². The molecule has 0 aliphatic rings. The third-order valence-corrected chi connectivity index (χ3v) is 3.15. The molecule has 0 aromatic heterocycles. The Morgan fingerprint density at radius 1 is 1.17 bits per heavy atom. The van der Waals surface area contributed by atoms with Crippen LogP contribution in [0.3, 0.4) is 0 Å². The van der Waals surface area contributed by atoms with E-state index in [1.807, 2.05) is 6.92 Å². The van der Waals surface area contributed by atoms with Crippen molar-refractivity contribution in [3.63, 3.8) is 0 Å². The van der Waals surface area contributed by atoms with Crippen molar-refractivity contribution in [2.45, 2.75) is 71.1 Å². The molecule has 0 aliphatic carbocycles. The number of esters is 2. The van der Waals surface area contributed by atoms with Crippen molar-refractivity contribution in [2.75, 3.05) is 13.7 Å². The second-order valence-electron chi connectivity index (χ2n) is 6.51. The largest absolute Gasteiger partial charge is 0.463 e. The van der Waals surface area contributed by atoms with Crippen molar-refractivity contribution < 1.29 is 29.0 Å². The number of hydrogen-bond acceptors (Lipinski definition) is 7. The predicted molar refractivity (Wildman–Crippen MR) is 84.8 cm³/mol. The molecule has 7 heteroatoms. The predicted octanol–water partition coefficient (Wildman–Crippen LogP) is 0.970. The summed E-state index contributed by atoms with van der Waals surface area (Å²) in [4.78, 5) is 36.5. The highest BCUT2D eigenvalue weighted by molar-refractivity contribution is 6.07. The zero-order valence-electron chi connectivity index (χ0n) is 14.9. The number of rotatable bonds is 9. The molecule has 0 bridgehead atoms. The van der Waals surface area contributed by atoms with Gasteiger partial charge in [-0.3, -0.25) is 4.79 Å². The molecular weight excluding hydrogens is 302 g/mol. The Labute approximate surface area is 137 Å². The van der Waals surface area contributed by atoms with Gasteiger partial charge in [0.05, 0.1) is 19.1 Å². The molecule has 0 heterocycles. The maximum atomic E-state index is 12.3. The van der Waals surface area contributed by atoms with Crippen molar-refractivity contribution >= 4 is 17.7 Å². The maximum Gasteiger partial charge on any atom is 0.351 e. The van der Waals surface area contributed by atoms with Crippen molar-refractivity contribution in [3.8, 4) is 0 Å². The van der Waals surface area contributed by atoms with Gasteiger partial charge < -0.3 is 19.9 Å². The minimum absolute atomic E-state index is 0.0657. The number of carbonyl (C=O) groups excluding carboxylic acids is 3. The third kappa shape index (κ3) is 7.09. The average molecular weight is 331 g/mol. The van der Waals surface area contributed by atoms with E-state index in [0.29, 0.717) is 6.42 Å². The smallest absolute Gasteiger partial charge is 0.351 e. The lowest BCUT2D eigenvalue weighted by Crippen LogP contribution is -2.53. The first-order chi connectivity index (χ1) is 10.5. The normalized spacial score (nSPS) is 15.4. The Bertz CT molecular complexity index is 429. The van der Waals surface area contributed by atoms with E-state index in [1.54, 1.807) is 34.7 Å². The van der Waals surface area contributed by atoms with Crippen LogP contribution in [-0.4, -0.2) is 53.7 Å². The summed E-state index contributed by atoms with van der Waals surface area (Å²) in [6, 6.07) is -0.618. The van der Waals surface area contributed by atoms with E-state index < -0.39 is 41.4 Å². The number of likely N-dealkylation sites (N-methyl/N-ethyl adjacent to an activating group) is 1. The second-order valence-corrected chi connectivity index (χ2v) is 6.51. The molecule has 0 rings (SSSR count). The molecule has 0 aromatic rings. The molecule has 0 fully saturated rings. The van der Waals surface area contributed by atoms with Gasteiger partial charge >= 0.3 is 11.9 Å². The summed E-state index contributed by atoms with van der Waals surface area (Å²) in [6.07, 6.45) is 0.680. The lowest BCUT2D eigenvalue weighted by atomic mass is 9.94. The monoisotopic (exact) mass is 331 g/mol. The molecule has 2 atom stereocenters. The minimum atomic E-state index is -2.64. The van der Waals surface area contributed by atoms with Crippen LogP contribution in [-0.2, 0) is 23.9 Å². The molecule has 0 spiro atoms. The molecule has 0 radical (unpaired) electrons. The number of nitrogens with one attached hydrogen (secondary N) is 1. The van der Waals surface area contributed by atoms with Crippen LogP contribution in [0.15, 0.2) is 0 Å². The van der Waals surface area contributed by atoms with Crippen LogP contribution in [0.1, 0.15) is 53.9 Å². The third-order valence-electron chi connectivity index (χ3n) is 3.15. The van der Waals surface area contributed by atoms with Gasteiger partial charge in [0.1, 0.15) is 5.60 Å². The van der Waals surface area contributed by atoms with Crippen LogP contribution in [0.5, 0.6) is 0 Å². The highest BCUT2D eigenvalue weighted by Crippen LogP contribution is 2.21. The fourth-order valence-corrected chi connectivity index (χ4v) is 1.59. The fourth-order valence-electron chi connectivity index (χ4n) is 1.59. The molecular formula is C16H29NO6. The molecule has 0 aliphatic heterocycles. The standard InChI is InChI=1S/C16H29NO6/c1-7-8-9-22-13(19)16(21,10-12(18)11(2)17-6)14(20)23-15(3,4)5/h11,17,21H,7-10H2,1-6H3/t11-,16?/m0/s1. The van der Waals surface area contributed by atoms with Gasteiger partial charge in [-0.15, -0.1) is 0 Å². The summed E-state index contributed by atoms with van der Waals surface area (Å²) in [5.41, 5.74) is -3.55. The number of ether oxygens (including phenoxy) is 2. The average Bonchev–Trinajstić information content (AvgIpc) is 2.44. The van der Waals surface area contributed by atoms with Gasteiger partial charge in [0, 0.05) is 0 Å². The Hall–Kier alpha value is -1.47. The zero-order chi connectivity index (χ0) is 18.3. The lowest BCUT2D eigenvalue weighted by Gasteiger charge is -2.28. The Morgan fingerprint density at radius 2 is 1.74 bits per heavy atom. The number of unbranched alkanes of at least 4 members (excludes halogenated alkanes) is 1. The molecule has 134 valence electrons. The van der Waals surface area contributed by atoms with Crippen LogP contribution in [0.4, 0.5) is 0 Å². The zero-order valence-corrected chi connectivity index (χ0v) is 14.9. The van der Waals surface area contributed by atoms with Gasteiger partial charge in [-0.05, 0) is 41.2 Å². The van der Waals surface area contributed by atoms with E-state index in [1.165, 1.54) is 0 Å². The van der Waals surface area contributed by atoms with Crippen LogP contribution in [0, 0.1) is 0 Å². The summed E-state index contributed by atoms with van der Waals surface area (Å²) in [6.45, 7) is 8.35. The number of carbonyl (C=O) groups is 3. The minimum Gasteiger partial charge on any atom is -0.463 e. The Morgan fingerprint density at radius 3 is 2.17 bits per heavy atom. The van der Waals surface area contributed by atoms with Crippen LogP contribution < -0.4 is 5.32 Å². The molecule has 7 nitrogen and oxygen atoms in total. The molecule has 0 amide bonds. The number of aliphatic hydroxyl groups is 1. The topological polar surface area (TPSA) is 102 Å². The van der Waals surface area contributed by atoms with E-state index in [0.717, 1.165) is 6.42 Å². The fraction of sp³-hybridized carbons (Fsp3) is 0.812. The Kier molecular flexibility index (Phi) is 8.41. The van der Waals surface area contributed by atoms with E-state index >= 15 is 0 Å². The lowest BCUT2D eigenvalue weighted by molar-refractivity contribution is -0.192. The summed E-state index contributed by atoms with van der Waals surface area (Å²) in [5, 5.41) is 13.2. The molecule has 1 unspecified atom stereocenters. The van der Waals surface area contributed by atoms with Crippen molar-refractivity contribution in [1.29, 1.82) is 0 Å². The summed E-state index contributed by atoms with van der Waals surface area (Å²) >= 11 is 0. The van der Waals surface area contributed by atoms with Gasteiger partial charge in [-0.25, -0.2) is 9.59 Å². The van der Waals surface area contributed by atoms with Gasteiger partial charge in [0.15, 0.2) is 5.78 Å². The summed E-state index contributed by atoms with van der Waals surface area (Å²) in [5.74, 6) is -2.83. The first-order valence-electron chi connectivity index (χ1n) is 7.81. The van der Waals surface area contributed by atoms with Crippen LogP contribution in [0.2, 0.25) is 0 Å². The van der Waals surface area contributed by atoms with E-state index in [-0.39, 0.29) is 6.61 Å². The van der Waals surface area contributed by atoms with E-state index in [2.05, 4.69) is 5.32 Å². The Balaban J connectivity index is 5.29. The number of Topliss-reactive ketones (excluding diaryl/α,β-unsaturated/α-hetero) is 1. The SMILES string of the molecule is CCCCOC(=O)C(O)(CC(=O)[C@H](C)NC)C(=O)OC(C)(C)C. The quantitative estimate of drug-likeness (QED) is 0.369. The van der Waals surface area contributed by atoms with Gasteiger partial charge in [0.2, 0.25) is 0 Å². The highest BCUT2D eigenvalue weighted by atomic mass is 16.6. The molecule has 0 saturated carbocycles. The second kappa shape index (κ2) is 8.98. The van der Waals surface area contributed by atoms with Crippen molar-refractivity contribution in [1.82, 2.24) is 5.32 Å². The summed E-state index contributed by atoms with van der Waals surface area (Å²) < 4.78 is 10.0.